The van der Waals surface area contributed by atoms with Crippen molar-refractivity contribution < 1.29 is 24.2 Å². The van der Waals surface area contributed by atoms with Crippen molar-refractivity contribution in [2.75, 3.05) is 13.2 Å². The number of rotatable bonds is 50. The number of carbonyl (C=O) groups excluding carboxylic acids is 2. The first-order chi connectivity index (χ1) is 29.1. The lowest BCUT2D eigenvalue weighted by Gasteiger charge is -2.15. The number of esters is 2. The van der Waals surface area contributed by atoms with Crippen LogP contribution < -0.4 is 0 Å². The van der Waals surface area contributed by atoms with Gasteiger partial charge in [-0.25, -0.2) is 0 Å². The van der Waals surface area contributed by atoms with Crippen molar-refractivity contribution in [1.29, 1.82) is 0 Å². The predicted molar refractivity (Wildman–Crippen MR) is 256 cm³/mol. The Bertz CT molecular complexity index is 856. The molecule has 0 aromatic heterocycles. The SMILES string of the molecule is CCCCCCCCCC/C=C\CCCCCCCCCCCCCCCCCCCC(=O)OC(CO)COC(=O)CCCCCCCCCCCCCCCCCC. The Balaban J connectivity index is 3.41. The fraction of sp³-hybridized carbons (Fsp3) is 0.926. The number of aliphatic hydroxyl groups is 1. The zero-order chi connectivity index (χ0) is 42.8. The van der Waals surface area contributed by atoms with Gasteiger partial charge in [0.05, 0.1) is 6.61 Å². The summed E-state index contributed by atoms with van der Waals surface area (Å²) in [6.45, 7) is 4.19. The molecular weight excluding hydrogens is 729 g/mol. The van der Waals surface area contributed by atoms with Crippen molar-refractivity contribution in [1.82, 2.24) is 0 Å². The number of allylic oxidation sites excluding steroid dienone is 2. The summed E-state index contributed by atoms with van der Waals surface area (Å²) < 4.78 is 10.7. The highest BCUT2D eigenvalue weighted by molar-refractivity contribution is 5.70. The molecule has 0 amide bonds. The first-order valence-corrected chi connectivity index (χ1v) is 26.7. The van der Waals surface area contributed by atoms with Crippen molar-refractivity contribution >= 4 is 11.9 Å². The molecule has 0 bridgehead atoms. The molecule has 5 heteroatoms. The summed E-state index contributed by atoms with van der Waals surface area (Å²) in [5.74, 6) is -0.570. The summed E-state index contributed by atoms with van der Waals surface area (Å²) in [6.07, 6.45) is 61.8. The molecular formula is C54H104O5. The Labute approximate surface area is 369 Å². The van der Waals surface area contributed by atoms with Crippen molar-refractivity contribution in [3.8, 4) is 0 Å². The van der Waals surface area contributed by atoms with Gasteiger partial charge in [-0.2, -0.15) is 0 Å². The molecule has 0 heterocycles. The van der Waals surface area contributed by atoms with E-state index in [1.165, 1.54) is 244 Å². The first kappa shape index (κ1) is 57.6. The highest BCUT2D eigenvalue weighted by Crippen LogP contribution is 2.17. The molecule has 0 radical (unpaired) electrons. The Morgan fingerprint density at radius 3 is 0.915 bits per heavy atom. The molecule has 0 rings (SSSR count). The van der Waals surface area contributed by atoms with E-state index in [2.05, 4.69) is 26.0 Å². The fourth-order valence-corrected chi connectivity index (χ4v) is 8.26. The minimum absolute atomic E-state index is 0.0577. The van der Waals surface area contributed by atoms with E-state index in [0.717, 1.165) is 32.1 Å². The number of aliphatic hydroxyl groups excluding tert-OH is 1. The highest BCUT2D eigenvalue weighted by Gasteiger charge is 2.16. The van der Waals surface area contributed by atoms with Crippen LogP contribution in [0.3, 0.4) is 0 Å². The van der Waals surface area contributed by atoms with Crippen LogP contribution in [0, 0.1) is 0 Å². The molecule has 1 unspecified atom stereocenters. The van der Waals surface area contributed by atoms with Gasteiger partial charge in [0, 0.05) is 12.8 Å². The molecule has 0 aromatic carbocycles. The summed E-state index contributed by atoms with van der Waals surface area (Å²) >= 11 is 0. The molecule has 0 aliphatic rings. The molecule has 0 saturated heterocycles. The van der Waals surface area contributed by atoms with Gasteiger partial charge in [-0.3, -0.25) is 9.59 Å². The van der Waals surface area contributed by atoms with Crippen molar-refractivity contribution in [2.45, 2.75) is 309 Å². The van der Waals surface area contributed by atoms with Gasteiger partial charge < -0.3 is 14.6 Å². The van der Waals surface area contributed by atoms with E-state index in [4.69, 9.17) is 9.47 Å². The topological polar surface area (TPSA) is 72.8 Å². The number of hydrogen-bond donors (Lipinski definition) is 1. The fourth-order valence-electron chi connectivity index (χ4n) is 8.26. The maximum Gasteiger partial charge on any atom is 0.306 e. The quantitative estimate of drug-likeness (QED) is 0.0375. The first-order valence-electron chi connectivity index (χ1n) is 26.7. The third-order valence-corrected chi connectivity index (χ3v) is 12.3. The van der Waals surface area contributed by atoms with E-state index in [9.17, 15) is 14.7 Å². The molecule has 1 N–H and O–H groups in total. The van der Waals surface area contributed by atoms with Crippen LogP contribution in [0.2, 0.25) is 0 Å². The van der Waals surface area contributed by atoms with Crippen LogP contribution in [0.4, 0.5) is 0 Å². The smallest absolute Gasteiger partial charge is 0.306 e. The molecule has 5 nitrogen and oxygen atoms in total. The number of hydrogen-bond acceptors (Lipinski definition) is 5. The van der Waals surface area contributed by atoms with E-state index in [1.54, 1.807) is 0 Å². The highest BCUT2D eigenvalue weighted by atomic mass is 16.6. The Kier molecular flexibility index (Phi) is 49.8. The third-order valence-electron chi connectivity index (χ3n) is 12.3. The van der Waals surface area contributed by atoms with E-state index in [1.807, 2.05) is 0 Å². The maximum absolute atomic E-state index is 12.3. The molecule has 59 heavy (non-hydrogen) atoms. The minimum Gasteiger partial charge on any atom is -0.462 e. The zero-order valence-corrected chi connectivity index (χ0v) is 40.0. The third kappa shape index (κ3) is 49.2. The van der Waals surface area contributed by atoms with Gasteiger partial charge in [0.1, 0.15) is 6.61 Å². The Hall–Kier alpha value is -1.36. The number of ether oxygens (including phenoxy) is 2. The summed E-state index contributed by atoms with van der Waals surface area (Å²) in [5.41, 5.74) is 0. The molecule has 0 saturated carbocycles. The molecule has 1 atom stereocenters. The molecule has 0 spiro atoms. The largest absolute Gasteiger partial charge is 0.462 e. The number of carbonyl (C=O) groups is 2. The monoisotopic (exact) mass is 833 g/mol. The average Bonchev–Trinajstić information content (AvgIpc) is 3.24. The summed E-state index contributed by atoms with van der Waals surface area (Å²) in [7, 11) is 0. The lowest BCUT2D eigenvalue weighted by molar-refractivity contribution is -0.161. The van der Waals surface area contributed by atoms with Crippen LogP contribution in [0.5, 0.6) is 0 Å². The van der Waals surface area contributed by atoms with Crippen molar-refractivity contribution in [3.63, 3.8) is 0 Å². The van der Waals surface area contributed by atoms with Crippen LogP contribution in [0.15, 0.2) is 12.2 Å². The Morgan fingerprint density at radius 2 is 0.627 bits per heavy atom. The van der Waals surface area contributed by atoms with Crippen LogP contribution >= 0.6 is 0 Å². The summed E-state index contributed by atoms with van der Waals surface area (Å²) in [6, 6.07) is 0. The molecule has 0 aromatic rings. The van der Waals surface area contributed by atoms with Crippen molar-refractivity contribution in [3.05, 3.63) is 12.2 Å². The van der Waals surface area contributed by atoms with Crippen LogP contribution in [-0.2, 0) is 19.1 Å². The van der Waals surface area contributed by atoms with Gasteiger partial charge in [-0.1, -0.05) is 264 Å². The summed E-state index contributed by atoms with van der Waals surface area (Å²) in [5, 5.41) is 9.62. The molecule has 350 valence electrons. The van der Waals surface area contributed by atoms with Crippen LogP contribution in [0.1, 0.15) is 303 Å². The van der Waals surface area contributed by atoms with E-state index < -0.39 is 6.10 Å². The van der Waals surface area contributed by atoms with E-state index in [0.29, 0.717) is 12.8 Å². The Morgan fingerprint density at radius 1 is 0.373 bits per heavy atom. The van der Waals surface area contributed by atoms with Crippen LogP contribution in [0.25, 0.3) is 0 Å². The van der Waals surface area contributed by atoms with Gasteiger partial charge in [0.25, 0.3) is 0 Å². The second kappa shape index (κ2) is 51.0. The van der Waals surface area contributed by atoms with E-state index in [-0.39, 0.29) is 25.2 Å². The second-order valence-electron chi connectivity index (χ2n) is 18.3. The van der Waals surface area contributed by atoms with Gasteiger partial charge in [-0.15, -0.1) is 0 Å². The molecule has 0 fully saturated rings. The van der Waals surface area contributed by atoms with Gasteiger partial charge in [0.2, 0.25) is 0 Å². The van der Waals surface area contributed by atoms with Gasteiger partial charge in [-0.05, 0) is 38.5 Å². The second-order valence-corrected chi connectivity index (χ2v) is 18.3. The van der Waals surface area contributed by atoms with E-state index >= 15 is 0 Å². The van der Waals surface area contributed by atoms with Gasteiger partial charge >= 0.3 is 11.9 Å². The maximum atomic E-state index is 12.3. The predicted octanol–water partition coefficient (Wildman–Crippen LogP) is 17.6. The normalized spacial score (nSPS) is 12.1. The number of unbranched alkanes of at least 4 members (excludes halogenated alkanes) is 40. The average molecular weight is 833 g/mol. The molecule has 0 aliphatic carbocycles. The zero-order valence-electron chi connectivity index (χ0n) is 40.0. The van der Waals surface area contributed by atoms with Crippen molar-refractivity contribution in [2.24, 2.45) is 0 Å². The standard InChI is InChI=1S/C54H104O5/c1-3-5-7-9-11-13-15-17-19-21-22-23-24-25-26-27-28-29-30-31-32-33-35-37-39-41-43-45-47-49-54(57)59-52(50-55)51-58-53(56)48-46-44-42-40-38-36-34-20-18-16-14-12-10-8-6-4-2/h21-22,52,55H,3-20,23-51H2,1-2H3/b22-21-. The lowest BCUT2D eigenvalue weighted by atomic mass is 10.0. The minimum atomic E-state index is -0.765. The van der Waals surface area contributed by atoms with Crippen LogP contribution in [-0.4, -0.2) is 36.4 Å². The lowest BCUT2D eigenvalue weighted by Crippen LogP contribution is -2.28. The van der Waals surface area contributed by atoms with Gasteiger partial charge in [0.15, 0.2) is 6.10 Å². The molecule has 0 aliphatic heterocycles. The summed E-state index contributed by atoms with van der Waals surface area (Å²) in [4.78, 5) is 24.4.